The third-order valence-electron chi connectivity index (χ3n) is 0.878. The van der Waals surface area contributed by atoms with Crippen LogP contribution in [-0.4, -0.2) is 30.5 Å². The Kier molecular flexibility index (Phi) is 6.70. The van der Waals surface area contributed by atoms with E-state index in [-0.39, 0.29) is 25.7 Å². The Hall–Kier alpha value is -1.24. The first-order valence-corrected chi connectivity index (χ1v) is 3.83. The summed E-state index contributed by atoms with van der Waals surface area (Å²) in [6.45, 7) is -0.134. The van der Waals surface area contributed by atoms with E-state index >= 15 is 0 Å². The van der Waals surface area contributed by atoms with E-state index in [1.165, 1.54) is 0 Å². The van der Waals surface area contributed by atoms with Gasteiger partial charge in [0.2, 0.25) is 0 Å². The molecule has 0 rings (SSSR count). The van der Waals surface area contributed by atoms with Crippen LogP contribution in [0.4, 0.5) is 4.79 Å². The molecule has 0 aromatic heterocycles. The lowest BCUT2D eigenvalue weighted by Gasteiger charge is -2.02. The molecule has 0 radical (unpaired) electrons. The summed E-state index contributed by atoms with van der Waals surface area (Å²) >= 11 is 5.04. The van der Waals surface area contributed by atoms with Crippen molar-refractivity contribution in [2.45, 2.75) is 6.42 Å². The van der Waals surface area contributed by atoms with E-state index in [2.05, 4.69) is 14.3 Å². The minimum Gasteiger partial charge on any atom is -0.434 e. The average Bonchev–Trinajstić information content (AvgIpc) is 2.03. The van der Waals surface area contributed by atoms with Crippen LogP contribution in [0, 0.1) is 10.1 Å². The summed E-state index contributed by atoms with van der Waals surface area (Å²) in [4.78, 5) is 24.0. The molecule has 0 saturated carbocycles. The number of carbonyl (C=O) groups excluding carboxylic acids is 1. The second-order valence-electron chi connectivity index (χ2n) is 1.76. The highest BCUT2D eigenvalue weighted by atomic mass is 35.5. The zero-order chi connectivity index (χ0) is 10.1. The van der Waals surface area contributed by atoms with Crippen LogP contribution < -0.4 is 0 Å². The highest BCUT2D eigenvalue weighted by molar-refractivity contribution is 6.17. The van der Waals surface area contributed by atoms with Gasteiger partial charge in [0.25, 0.3) is 5.09 Å². The highest BCUT2D eigenvalue weighted by Gasteiger charge is 2.01. The van der Waals surface area contributed by atoms with Gasteiger partial charge in [0.05, 0.1) is 13.2 Å². The molecule has 13 heavy (non-hydrogen) atoms. The molecule has 0 aliphatic rings. The molecule has 0 aliphatic carbocycles. The maximum absolute atomic E-state index is 10.4. The summed E-state index contributed by atoms with van der Waals surface area (Å²) in [5.74, 6) is 0. The third kappa shape index (κ3) is 8.67. The molecule has 0 heterocycles. The van der Waals surface area contributed by atoms with Crippen molar-refractivity contribution >= 4 is 17.8 Å². The summed E-state index contributed by atoms with van der Waals surface area (Å²) in [5.41, 5.74) is 0. The number of halogens is 1. The predicted octanol–water partition coefficient (Wildman–Crippen LogP) is 0.934. The smallest absolute Gasteiger partial charge is 0.434 e. The van der Waals surface area contributed by atoms with E-state index in [9.17, 15) is 14.9 Å². The van der Waals surface area contributed by atoms with Gasteiger partial charge in [-0.25, -0.2) is 4.79 Å². The summed E-state index contributed by atoms with van der Waals surface area (Å²) in [5, 5.41) is 8.71. The van der Waals surface area contributed by atoms with E-state index in [4.69, 9.17) is 11.6 Å². The molecule has 0 unspecified atom stereocenters. The Morgan fingerprint density at radius 2 is 2.08 bits per heavy atom. The molecule has 0 amide bonds. The van der Waals surface area contributed by atoms with E-state index in [0.29, 0.717) is 0 Å². The predicted molar refractivity (Wildman–Crippen MR) is 40.7 cm³/mol. The third-order valence-corrected chi connectivity index (χ3v) is 0.987. The molecule has 0 N–H and O–H groups in total. The van der Waals surface area contributed by atoms with Crippen LogP contribution in [0.5, 0.6) is 0 Å². The number of carbonyl (C=O) groups is 1. The first-order chi connectivity index (χ1) is 6.16. The van der Waals surface area contributed by atoms with Crippen LogP contribution in [0.25, 0.3) is 0 Å². The lowest BCUT2D eigenvalue weighted by Crippen LogP contribution is -2.10. The number of nitrogens with zero attached hydrogens (tertiary/aromatic N) is 1. The van der Waals surface area contributed by atoms with Crippen LogP contribution in [0.1, 0.15) is 6.42 Å². The van der Waals surface area contributed by atoms with Gasteiger partial charge in [-0.2, -0.15) is 0 Å². The van der Waals surface area contributed by atoms with Crippen molar-refractivity contribution in [2.24, 2.45) is 0 Å². The number of hydrogen-bond donors (Lipinski definition) is 0. The van der Waals surface area contributed by atoms with Gasteiger partial charge >= 0.3 is 6.16 Å². The van der Waals surface area contributed by atoms with Crippen LogP contribution in [0.15, 0.2) is 0 Å². The molecule has 0 spiro atoms. The summed E-state index contributed by atoms with van der Waals surface area (Å²) in [6.07, 6.45) is -0.686. The Morgan fingerprint density at radius 1 is 1.38 bits per heavy atom. The second-order valence-corrected chi connectivity index (χ2v) is 1.98. The fourth-order valence-electron chi connectivity index (χ4n) is 0.440. The fraction of sp³-hybridized carbons (Fsp3) is 0.800. The molecule has 0 bridgehead atoms. The van der Waals surface area contributed by atoms with Crippen molar-refractivity contribution in [3.63, 3.8) is 0 Å². The molecule has 0 atom stereocenters. The molecular weight excluding hydrogens is 206 g/mol. The monoisotopic (exact) mass is 213 g/mol. The van der Waals surface area contributed by atoms with Crippen molar-refractivity contribution in [1.82, 2.24) is 0 Å². The van der Waals surface area contributed by atoms with E-state index in [0.717, 1.165) is 0 Å². The van der Waals surface area contributed by atoms with Crippen LogP contribution >= 0.6 is 11.6 Å². The van der Waals surface area contributed by atoms with Crippen molar-refractivity contribution in [1.29, 1.82) is 0 Å². The minimum absolute atomic E-state index is 0.0104. The molecule has 7 nitrogen and oxygen atoms in total. The molecule has 76 valence electrons. The van der Waals surface area contributed by atoms with Gasteiger partial charge in [0, 0.05) is 6.42 Å². The zero-order valence-corrected chi connectivity index (χ0v) is 7.36. The quantitative estimate of drug-likeness (QED) is 0.214. The van der Waals surface area contributed by atoms with Gasteiger partial charge in [-0.1, -0.05) is 11.6 Å². The van der Waals surface area contributed by atoms with Gasteiger partial charge in [0.1, 0.15) is 0 Å². The van der Waals surface area contributed by atoms with E-state index in [1.54, 1.807) is 0 Å². The SMILES string of the molecule is O=C(OCCl)OCCCO[N+](=O)[O-]. The van der Waals surface area contributed by atoms with Gasteiger partial charge < -0.3 is 14.3 Å². The van der Waals surface area contributed by atoms with E-state index in [1.807, 2.05) is 0 Å². The number of rotatable bonds is 6. The molecular formula is C5H8ClNO6. The van der Waals surface area contributed by atoms with Gasteiger partial charge in [0.15, 0.2) is 6.07 Å². The average molecular weight is 214 g/mol. The number of ether oxygens (including phenoxy) is 2. The van der Waals surface area contributed by atoms with Crippen molar-refractivity contribution in [3.05, 3.63) is 10.1 Å². The fourth-order valence-corrected chi connectivity index (χ4v) is 0.529. The first-order valence-electron chi connectivity index (χ1n) is 3.29. The number of alkyl halides is 1. The van der Waals surface area contributed by atoms with Crippen LogP contribution in [0.2, 0.25) is 0 Å². The largest absolute Gasteiger partial charge is 0.509 e. The van der Waals surface area contributed by atoms with E-state index < -0.39 is 11.2 Å². The maximum atomic E-state index is 10.4. The van der Waals surface area contributed by atoms with Gasteiger partial charge in [-0.15, -0.1) is 10.1 Å². The molecule has 0 aromatic rings. The molecule has 0 aliphatic heterocycles. The topological polar surface area (TPSA) is 87.9 Å². The zero-order valence-electron chi connectivity index (χ0n) is 6.60. The van der Waals surface area contributed by atoms with Gasteiger partial charge in [-0.3, -0.25) is 0 Å². The standard InChI is InChI=1S/C5H8ClNO6/c6-4-12-5(8)11-2-1-3-13-7(9)10/h1-4H2. The first kappa shape index (κ1) is 11.8. The normalized spacial score (nSPS) is 9.00. The Bertz CT molecular complexity index is 174. The van der Waals surface area contributed by atoms with Crippen LogP contribution in [-0.2, 0) is 14.3 Å². The van der Waals surface area contributed by atoms with Gasteiger partial charge in [-0.05, 0) is 0 Å². The summed E-state index contributed by atoms with van der Waals surface area (Å²) in [7, 11) is 0. The number of hydrogen-bond acceptors (Lipinski definition) is 6. The van der Waals surface area contributed by atoms with Crippen LogP contribution in [0.3, 0.4) is 0 Å². The lowest BCUT2D eigenvalue weighted by molar-refractivity contribution is -0.757. The Balaban J connectivity index is 3.16. The maximum Gasteiger partial charge on any atom is 0.509 e. The minimum atomic E-state index is -0.920. The molecule has 0 saturated heterocycles. The second kappa shape index (κ2) is 7.41. The summed E-state index contributed by atoms with van der Waals surface area (Å²) in [6, 6.07) is -0.287. The Morgan fingerprint density at radius 3 is 2.62 bits per heavy atom. The van der Waals surface area contributed by atoms with Crippen molar-refractivity contribution in [2.75, 3.05) is 19.3 Å². The van der Waals surface area contributed by atoms with Crippen molar-refractivity contribution < 1.29 is 24.2 Å². The lowest BCUT2D eigenvalue weighted by atomic mass is 10.5. The Labute approximate surface area is 78.6 Å². The molecule has 0 fully saturated rings. The molecule has 0 aromatic carbocycles. The summed E-state index contributed by atoms with van der Waals surface area (Å²) < 4.78 is 8.62. The highest BCUT2D eigenvalue weighted by Crippen LogP contribution is 1.90. The molecule has 8 heteroatoms. The van der Waals surface area contributed by atoms with Crippen molar-refractivity contribution in [3.8, 4) is 0 Å².